The molecule has 0 aliphatic carbocycles. The number of aliphatic hydroxyl groups excluding tert-OH is 1. The van der Waals surface area contributed by atoms with Crippen LogP contribution in [0, 0.1) is 5.82 Å². The van der Waals surface area contributed by atoms with Gasteiger partial charge in [0.25, 0.3) is 0 Å². The molecule has 0 bridgehead atoms. The Kier molecular flexibility index (Phi) is 8.88. The number of rotatable bonds is 8. The lowest BCUT2D eigenvalue weighted by molar-refractivity contribution is -0.121. The van der Waals surface area contributed by atoms with Crippen LogP contribution < -0.4 is 15.9 Å². The highest BCUT2D eigenvalue weighted by Crippen LogP contribution is 2.42. The average molecular weight is 638 g/mol. The van der Waals surface area contributed by atoms with E-state index in [-0.39, 0.29) is 42.6 Å². The zero-order valence-electron chi connectivity index (χ0n) is 27.9. The van der Waals surface area contributed by atoms with E-state index in [2.05, 4.69) is 42.8 Å². The lowest BCUT2D eigenvalue weighted by Crippen LogP contribution is -2.62. The third-order valence-corrected chi connectivity index (χ3v) is 9.91. The van der Waals surface area contributed by atoms with Crippen LogP contribution in [-0.4, -0.2) is 112 Å². The first-order chi connectivity index (χ1) is 21.8. The number of piperazine rings is 1. The van der Waals surface area contributed by atoms with Crippen LogP contribution in [0.2, 0.25) is 0 Å². The number of morpholine rings is 1. The minimum atomic E-state index is -0.937. The van der Waals surface area contributed by atoms with Gasteiger partial charge in [-0.3, -0.25) is 14.6 Å². The van der Waals surface area contributed by atoms with Crippen LogP contribution in [0.5, 0.6) is 0 Å². The molecule has 2 aromatic heterocycles. The maximum atomic E-state index is 14.4. The molecule has 3 aliphatic heterocycles. The highest BCUT2D eigenvalue weighted by molar-refractivity contribution is 5.98. The van der Waals surface area contributed by atoms with Crippen LogP contribution in [0.1, 0.15) is 58.4 Å². The van der Waals surface area contributed by atoms with Gasteiger partial charge in [-0.15, -0.1) is 5.10 Å². The predicted molar refractivity (Wildman–Crippen MR) is 175 cm³/mol. The Balaban J connectivity index is 1.39. The number of aliphatic hydroxyl groups is 1. The van der Waals surface area contributed by atoms with Crippen molar-refractivity contribution in [1.29, 1.82) is 0 Å². The van der Waals surface area contributed by atoms with E-state index in [0.717, 1.165) is 56.2 Å². The van der Waals surface area contributed by atoms with Crippen molar-refractivity contribution in [3.05, 3.63) is 63.5 Å². The van der Waals surface area contributed by atoms with Crippen LogP contribution in [0.3, 0.4) is 0 Å². The van der Waals surface area contributed by atoms with Gasteiger partial charge < -0.3 is 20.1 Å². The van der Waals surface area contributed by atoms with Crippen molar-refractivity contribution in [3.63, 3.8) is 0 Å². The summed E-state index contributed by atoms with van der Waals surface area (Å²) in [5.41, 5.74) is 1.68. The molecule has 2 fully saturated rings. The predicted octanol–water partition coefficient (Wildman–Crippen LogP) is 1.96. The summed E-state index contributed by atoms with van der Waals surface area (Å²) in [4.78, 5) is 35.0. The molecule has 3 aromatic rings. The fraction of sp³-hybridized carbons (Fsp3) is 0.618. The number of amides is 1. The summed E-state index contributed by atoms with van der Waals surface area (Å²) in [5, 5.41) is 18.5. The van der Waals surface area contributed by atoms with Crippen molar-refractivity contribution >= 4 is 17.2 Å². The van der Waals surface area contributed by atoms with E-state index in [4.69, 9.17) is 9.84 Å². The maximum absolute atomic E-state index is 14.4. The molecule has 0 unspecified atom stereocenters. The Labute approximate surface area is 269 Å². The second-order valence-electron chi connectivity index (χ2n) is 14.7. The van der Waals surface area contributed by atoms with Crippen molar-refractivity contribution < 1.29 is 19.0 Å². The number of fused-ring (bicyclic) bond motifs is 3. The van der Waals surface area contributed by atoms with Crippen LogP contribution in [0.4, 0.5) is 10.1 Å². The van der Waals surface area contributed by atoms with Crippen molar-refractivity contribution in [2.45, 2.75) is 77.0 Å². The van der Waals surface area contributed by atoms with E-state index < -0.39 is 11.0 Å². The van der Waals surface area contributed by atoms with Gasteiger partial charge in [0.1, 0.15) is 5.82 Å². The molecule has 1 amide bonds. The van der Waals surface area contributed by atoms with E-state index in [0.29, 0.717) is 30.3 Å². The Morgan fingerprint density at radius 1 is 1.20 bits per heavy atom. The van der Waals surface area contributed by atoms with Gasteiger partial charge in [-0.2, -0.15) is 0 Å². The summed E-state index contributed by atoms with van der Waals surface area (Å²) in [7, 11) is 0. The summed E-state index contributed by atoms with van der Waals surface area (Å²) in [6, 6.07) is 9.02. The van der Waals surface area contributed by atoms with Gasteiger partial charge in [0.15, 0.2) is 5.65 Å². The lowest BCUT2D eigenvalue weighted by atomic mass is 9.90. The number of halogens is 1. The number of aromatic nitrogens is 3. The van der Waals surface area contributed by atoms with Gasteiger partial charge in [-0.25, -0.2) is 18.3 Å². The Morgan fingerprint density at radius 2 is 1.93 bits per heavy atom. The molecule has 1 aromatic carbocycles. The highest BCUT2D eigenvalue weighted by Gasteiger charge is 2.43. The van der Waals surface area contributed by atoms with Crippen molar-refractivity contribution in [1.82, 2.24) is 29.3 Å². The monoisotopic (exact) mass is 637 g/mol. The molecule has 12 heteroatoms. The zero-order valence-corrected chi connectivity index (χ0v) is 27.9. The molecule has 2 saturated heterocycles. The topological polar surface area (TPSA) is 108 Å². The average Bonchev–Trinajstić information content (AvgIpc) is 3.50. The number of hydrogen-bond donors (Lipinski definition) is 2. The van der Waals surface area contributed by atoms with Crippen LogP contribution in [-0.2, 0) is 26.9 Å². The minimum absolute atomic E-state index is 0.0100. The van der Waals surface area contributed by atoms with Gasteiger partial charge in [-0.1, -0.05) is 26.0 Å². The SMILES string of the molecule is C[C@@H]1CN(CC(=O)N2CC(C)(C)c3c2cc(Cc2ccc(F)cc2)c2nn(C(C)(C)CO)c(=O)n32)[C@@H](CN2CCOC[C@H]2C)CN1. The van der Waals surface area contributed by atoms with Crippen LogP contribution in [0.15, 0.2) is 35.1 Å². The molecule has 2 N–H and O–H groups in total. The number of benzene rings is 1. The summed E-state index contributed by atoms with van der Waals surface area (Å²) < 4.78 is 22.4. The van der Waals surface area contributed by atoms with Crippen molar-refractivity contribution in [3.8, 4) is 0 Å². The second-order valence-corrected chi connectivity index (χ2v) is 14.7. The quantitative estimate of drug-likeness (QED) is 0.386. The number of hydrogen-bond acceptors (Lipinski definition) is 8. The Bertz CT molecular complexity index is 1650. The first kappa shape index (κ1) is 32.8. The highest BCUT2D eigenvalue weighted by atomic mass is 19.1. The summed E-state index contributed by atoms with van der Waals surface area (Å²) in [6.07, 6.45) is 0.393. The van der Waals surface area contributed by atoms with Crippen LogP contribution in [0.25, 0.3) is 5.65 Å². The first-order valence-corrected chi connectivity index (χ1v) is 16.4. The van der Waals surface area contributed by atoms with E-state index in [1.54, 1.807) is 30.4 Å². The third-order valence-electron chi connectivity index (χ3n) is 9.91. The lowest BCUT2D eigenvalue weighted by Gasteiger charge is -2.43. The third kappa shape index (κ3) is 6.13. The second kappa shape index (κ2) is 12.5. The van der Waals surface area contributed by atoms with Gasteiger partial charge in [-0.05, 0) is 51.5 Å². The van der Waals surface area contributed by atoms with Gasteiger partial charge in [0, 0.05) is 68.2 Å². The fourth-order valence-electron chi connectivity index (χ4n) is 7.20. The first-order valence-electron chi connectivity index (χ1n) is 16.4. The number of carbonyl (C=O) groups is 1. The molecule has 3 aliphatic rings. The van der Waals surface area contributed by atoms with E-state index >= 15 is 0 Å². The molecule has 250 valence electrons. The molecule has 3 atom stereocenters. The molecule has 46 heavy (non-hydrogen) atoms. The molecular formula is C34H48FN7O4. The van der Waals surface area contributed by atoms with E-state index in [1.165, 1.54) is 16.8 Å². The maximum Gasteiger partial charge on any atom is 0.351 e. The van der Waals surface area contributed by atoms with Gasteiger partial charge in [0.05, 0.1) is 43.3 Å². The summed E-state index contributed by atoms with van der Waals surface area (Å²) in [6.45, 7) is 17.1. The molecule has 0 spiro atoms. The molecular weight excluding hydrogens is 589 g/mol. The number of pyridine rings is 1. The standard InChI is InChI=1S/C34H48FN7O4/c1-22-16-39(27(15-36-22)17-38-11-12-46-19-23(38)2)18-29(44)40-20-33(3,4)30-28(40)14-25(13-24-7-9-26(35)10-8-24)31-37-42(32(45)41(30)31)34(5,6)21-43/h7-10,14,22-23,27,36,43H,11-13,15-21H2,1-6H3/t22-,23-,27-/m1/s1. The zero-order chi connectivity index (χ0) is 33.0. The number of nitrogens with zero attached hydrogens (tertiary/aromatic N) is 6. The number of anilines is 1. The fourth-order valence-corrected chi connectivity index (χ4v) is 7.20. The molecule has 0 saturated carbocycles. The Morgan fingerprint density at radius 3 is 2.63 bits per heavy atom. The van der Waals surface area contributed by atoms with E-state index in [9.17, 15) is 19.1 Å². The molecule has 11 nitrogen and oxygen atoms in total. The van der Waals surface area contributed by atoms with Gasteiger partial charge >= 0.3 is 5.69 Å². The normalized spacial score (nSPS) is 24.1. The van der Waals surface area contributed by atoms with Crippen molar-refractivity contribution in [2.24, 2.45) is 0 Å². The van der Waals surface area contributed by atoms with E-state index in [1.807, 2.05) is 11.0 Å². The molecule has 6 rings (SSSR count). The number of nitrogens with one attached hydrogen (secondary N) is 1. The number of carbonyl (C=O) groups excluding carboxylic acids is 1. The summed E-state index contributed by atoms with van der Waals surface area (Å²) in [5.74, 6) is -0.334. The van der Waals surface area contributed by atoms with Crippen molar-refractivity contribution in [2.75, 3.05) is 64.0 Å². The Hall–Kier alpha value is -3.16. The van der Waals surface area contributed by atoms with Crippen LogP contribution >= 0.6 is 0 Å². The smallest absolute Gasteiger partial charge is 0.351 e. The van der Waals surface area contributed by atoms with Gasteiger partial charge in [0.2, 0.25) is 5.91 Å². The summed E-state index contributed by atoms with van der Waals surface area (Å²) >= 11 is 0. The largest absolute Gasteiger partial charge is 0.394 e. The number of ether oxygens (including phenoxy) is 1. The molecule has 5 heterocycles. The molecule has 0 radical (unpaired) electrons. The minimum Gasteiger partial charge on any atom is -0.394 e.